The van der Waals surface area contributed by atoms with Crippen molar-refractivity contribution >= 4 is 22.9 Å². The summed E-state index contributed by atoms with van der Waals surface area (Å²) in [5.74, 6) is 0.883. The quantitative estimate of drug-likeness (QED) is 0.815. The Labute approximate surface area is 87.4 Å². The van der Waals surface area contributed by atoms with Crippen molar-refractivity contribution in [2.75, 3.05) is 0 Å². The highest BCUT2D eigenvalue weighted by Gasteiger charge is 2.23. The van der Waals surface area contributed by atoms with Gasteiger partial charge in [-0.3, -0.25) is 0 Å². The standard InChI is InChI=1S/C10H13ClOS/c11-8-5-6-13-10(8)9(12)4-3-7-1-2-7/h5-7,9,12H,1-4H2. The summed E-state index contributed by atoms with van der Waals surface area (Å²) in [6.07, 6.45) is 4.38. The van der Waals surface area contributed by atoms with Crippen molar-refractivity contribution in [3.63, 3.8) is 0 Å². The monoisotopic (exact) mass is 216 g/mol. The minimum absolute atomic E-state index is 0.340. The largest absolute Gasteiger partial charge is 0.388 e. The van der Waals surface area contributed by atoms with Gasteiger partial charge in [-0.15, -0.1) is 11.3 Å². The van der Waals surface area contributed by atoms with Crippen LogP contribution in [0.25, 0.3) is 0 Å². The van der Waals surface area contributed by atoms with Crippen molar-refractivity contribution in [2.45, 2.75) is 31.8 Å². The SMILES string of the molecule is OC(CCC1CC1)c1sccc1Cl. The first-order valence-electron chi connectivity index (χ1n) is 4.68. The minimum atomic E-state index is -0.340. The molecule has 0 aromatic carbocycles. The molecule has 1 aliphatic rings. The van der Waals surface area contributed by atoms with E-state index in [-0.39, 0.29) is 6.10 Å². The summed E-state index contributed by atoms with van der Waals surface area (Å²) in [5.41, 5.74) is 0. The van der Waals surface area contributed by atoms with E-state index >= 15 is 0 Å². The fourth-order valence-electron chi connectivity index (χ4n) is 1.47. The lowest BCUT2D eigenvalue weighted by Crippen LogP contribution is -1.95. The number of halogens is 1. The molecular formula is C10H13ClOS. The molecule has 1 nitrogen and oxygen atoms in total. The predicted octanol–water partition coefficient (Wildman–Crippen LogP) is 3.63. The molecule has 1 aromatic heterocycles. The fourth-order valence-corrected chi connectivity index (χ4v) is 2.68. The maximum absolute atomic E-state index is 9.79. The van der Waals surface area contributed by atoms with Crippen molar-refractivity contribution in [3.05, 3.63) is 21.3 Å². The normalized spacial score (nSPS) is 18.9. The fraction of sp³-hybridized carbons (Fsp3) is 0.600. The van der Waals surface area contributed by atoms with E-state index in [1.54, 1.807) is 11.3 Å². The average molecular weight is 217 g/mol. The lowest BCUT2D eigenvalue weighted by molar-refractivity contribution is 0.166. The van der Waals surface area contributed by atoms with E-state index in [4.69, 9.17) is 11.6 Å². The van der Waals surface area contributed by atoms with Crippen molar-refractivity contribution in [1.82, 2.24) is 0 Å². The van der Waals surface area contributed by atoms with Crippen molar-refractivity contribution < 1.29 is 5.11 Å². The first-order chi connectivity index (χ1) is 6.27. The Morgan fingerprint density at radius 2 is 2.38 bits per heavy atom. The molecule has 0 aliphatic heterocycles. The van der Waals surface area contributed by atoms with Crippen LogP contribution in [-0.2, 0) is 0 Å². The Kier molecular flexibility index (Phi) is 2.92. The molecule has 0 spiro atoms. The predicted molar refractivity (Wildman–Crippen MR) is 56.2 cm³/mol. The molecule has 1 aromatic rings. The van der Waals surface area contributed by atoms with Gasteiger partial charge in [0.1, 0.15) is 0 Å². The van der Waals surface area contributed by atoms with Crippen LogP contribution in [0.5, 0.6) is 0 Å². The first kappa shape index (κ1) is 9.50. The highest BCUT2D eigenvalue weighted by Crippen LogP contribution is 2.38. The maximum Gasteiger partial charge on any atom is 0.0897 e. The van der Waals surface area contributed by atoms with Crippen LogP contribution >= 0.6 is 22.9 Å². The number of rotatable bonds is 4. The van der Waals surface area contributed by atoms with Gasteiger partial charge in [0.15, 0.2) is 0 Å². The van der Waals surface area contributed by atoms with Gasteiger partial charge < -0.3 is 5.11 Å². The third kappa shape index (κ3) is 2.46. The molecule has 0 radical (unpaired) electrons. The molecule has 1 N–H and O–H groups in total. The smallest absolute Gasteiger partial charge is 0.0897 e. The summed E-state index contributed by atoms with van der Waals surface area (Å²) < 4.78 is 0. The van der Waals surface area contributed by atoms with Crippen LogP contribution < -0.4 is 0 Å². The average Bonchev–Trinajstić information content (AvgIpc) is 2.84. The molecule has 1 atom stereocenters. The number of hydrogen-bond acceptors (Lipinski definition) is 2. The van der Waals surface area contributed by atoms with Crippen LogP contribution in [0.2, 0.25) is 5.02 Å². The lowest BCUT2D eigenvalue weighted by Gasteiger charge is -2.07. The first-order valence-corrected chi connectivity index (χ1v) is 5.94. The number of aliphatic hydroxyl groups is 1. The van der Waals surface area contributed by atoms with Crippen LogP contribution in [0.15, 0.2) is 11.4 Å². The van der Waals surface area contributed by atoms with E-state index < -0.39 is 0 Å². The highest BCUT2D eigenvalue weighted by molar-refractivity contribution is 7.10. The zero-order valence-corrected chi connectivity index (χ0v) is 8.94. The number of thiophene rings is 1. The van der Waals surface area contributed by atoms with Gasteiger partial charge in [0.2, 0.25) is 0 Å². The Bertz CT molecular complexity index is 280. The van der Waals surface area contributed by atoms with E-state index in [2.05, 4.69) is 0 Å². The van der Waals surface area contributed by atoms with E-state index in [1.807, 2.05) is 11.4 Å². The zero-order chi connectivity index (χ0) is 9.26. The lowest BCUT2D eigenvalue weighted by atomic mass is 10.1. The molecule has 1 saturated carbocycles. The Morgan fingerprint density at radius 1 is 1.62 bits per heavy atom. The molecule has 1 fully saturated rings. The van der Waals surface area contributed by atoms with Gasteiger partial charge in [-0.25, -0.2) is 0 Å². The second kappa shape index (κ2) is 3.99. The van der Waals surface area contributed by atoms with Gasteiger partial charge in [0.05, 0.1) is 16.0 Å². The molecule has 72 valence electrons. The van der Waals surface area contributed by atoms with Gasteiger partial charge in [0.25, 0.3) is 0 Å². The highest BCUT2D eigenvalue weighted by atomic mass is 35.5. The molecule has 13 heavy (non-hydrogen) atoms. The van der Waals surface area contributed by atoms with Gasteiger partial charge in [-0.05, 0) is 30.2 Å². The second-order valence-corrected chi connectivity index (χ2v) is 5.02. The molecule has 0 amide bonds. The molecule has 0 saturated heterocycles. The Morgan fingerprint density at radius 3 is 2.92 bits per heavy atom. The van der Waals surface area contributed by atoms with E-state index in [9.17, 15) is 5.11 Å². The van der Waals surface area contributed by atoms with Crippen molar-refractivity contribution in [1.29, 1.82) is 0 Å². The molecule has 3 heteroatoms. The summed E-state index contributed by atoms with van der Waals surface area (Å²) in [4.78, 5) is 0.933. The summed E-state index contributed by atoms with van der Waals surface area (Å²) in [5, 5.41) is 12.4. The maximum atomic E-state index is 9.79. The molecule has 1 heterocycles. The topological polar surface area (TPSA) is 20.2 Å². The summed E-state index contributed by atoms with van der Waals surface area (Å²) in [6.45, 7) is 0. The van der Waals surface area contributed by atoms with E-state index in [0.29, 0.717) is 5.02 Å². The summed E-state index contributed by atoms with van der Waals surface area (Å²) in [6, 6.07) is 1.85. The second-order valence-electron chi connectivity index (χ2n) is 3.67. The molecule has 0 bridgehead atoms. The number of hydrogen-bond donors (Lipinski definition) is 1. The summed E-state index contributed by atoms with van der Waals surface area (Å²) in [7, 11) is 0. The van der Waals surface area contributed by atoms with Crippen LogP contribution in [-0.4, -0.2) is 5.11 Å². The van der Waals surface area contributed by atoms with Gasteiger partial charge >= 0.3 is 0 Å². The van der Waals surface area contributed by atoms with Crippen LogP contribution in [0, 0.1) is 5.92 Å². The molecule has 2 rings (SSSR count). The van der Waals surface area contributed by atoms with Gasteiger partial charge in [-0.1, -0.05) is 24.4 Å². The van der Waals surface area contributed by atoms with Crippen molar-refractivity contribution in [3.8, 4) is 0 Å². The molecular weight excluding hydrogens is 204 g/mol. The van der Waals surface area contributed by atoms with E-state index in [1.165, 1.54) is 12.8 Å². The molecule has 1 unspecified atom stereocenters. The Balaban J connectivity index is 1.88. The van der Waals surface area contributed by atoms with Gasteiger partial charge in [0, 0.05) is 0 Å². The zero-order valence-electron chi connectivity index (χ0n) is 7.37. The number of aliphatic hydroxyl groups excluding tert-OH is 1. The minimum Gasteiger partial charge on any atom is -0.388 e. The third-order valence-electron chi connectivity index (χ3n) is 2.49. The van der Waals surface area contributed by atoms with Crippen LogP contribution in [0.4, 0.5) is 0 Å². The summed E-state index contributed by atoms with van der Waals surface area (Å²) >= 11 is 7.46. The van der Waals surface area contributed by atoms with Gasteiger partial charge in [-0.2, -0.15) is 0 Å². The molecule has 1 aliphatic carbocycles. The Hall–Kier alpha value is -0.0500. The van der Waals surface area contributed by atoms with Crippen LogP contribution in [0.3, 0.4) is 0 Å². The third-order valence-corrected chi connectivity index (χ3v) is 3.95. The van der Waals surface area contributed by atoms with E-state index in [0.717, 1.165) is 23.6 Å². The van der Waals surface area contributed by atoms with Crippen molar-refractivity contribution in [2.24, 2.45) is 5.92 Å². The van der Waals surface area contributed by atoms with Crippen LogP contribution in [0.1, 0.15) is 36.7 Å².